The maximum atomic E-state index is 12.8. The van der Waals surface area contributed by atoms with E-state index in [1.165, 1.54) is 22.3 Å². The molecule has 3 saturated heterocycles. The van der Waals surface area contributed by atoms with Gasteiger partial charge in [0.2, 0.25) is 21.8 Å². The Bertz CT molecular complexity index is 762. The number of ether oxygens (including phenoxy) is 1. The number of nitrogens with zero attached hydrogens (tertiary/aromatic N) is 1. The summed E-state index contributed by atoms with van der Waals surface area (Å²) in [6.45, 7) is 2.79. The van der Waals surface area contributed by atoms with Gasteiger partial charge in [-0.15, -0.1) is 23.5 Å². The summed E-state index contributed by atoms with van der Waals surface area (Å²) in [5.74, 6) is -0.154. The number of thioether (sulfide) groups is 2. The molecule has 3 rings (SSSR count). The Hall–Kier alpha value is -0.980. The van der Waals surface area contributed by atoms with Crippen LogP contribution in [0.2, 0.25) is 0 Å². The summed E-state index contributed by atoms with van der Waals surface area (Å²) in [6.07, 6.45) is 2.40. The molecule has 0 radical (unpaired) electrons. The van der Waals surface area contributed by atoms with Crippen molar-refractivity contribution >= 4 is 51.5 Å². The predicted molar refractivity (Wildman–Crippen MR) is 112 cm³/mol. The molecule has 5 atom stereocenters. The highest BCUT2D eigenvalue weighted by Crippen LogP contribution is 2.43. The van der Waals surface area contributed by atoms with Crippen LogP contribution in [-0.4, -0.2) is 78.2 Å². The van der Waals surface area contributed by atoms with Gasteiger partial charge < -0.3 is 10.1 Å². The van der Waals surface area contributed by atoms with E-state index >= 15 is 0 Å². The number of alkyl carbamates (subject to hydrolysis) is 1. The van der Waals surface area contributed by atoms with Crippen LogP contribution in [0.1, 0.15) is 26.2 Å². The van der Waals surface area contributed by atoms with Crippen molar-refractivity contribution in [2.75, 3.05) is 31.7 Å². The number of nitrogens with one attached hydrogen (secondary N) is 2. The van der Waals surface area contributed by atoms with Crippen LogP contribution in [0.15, 0.2) is 0 Å². The number of piperidine rings is 1. The van der Waals surface area contributed by atoms with Gasteiger partial charge in [-0.2, -0.15) is 0 Å². The maximum absolute atomic E-state index is 12.8. The van der Waals surface area contributed by atoms with Crippen molar-refractivity contribution in [2.45, 2.75) is 42.1 Å². The molecule has 9 nitrogen and oxygen atoms in total. The zero-order valence-electron chi connectivity index (χ0n) is 16.5. The molecule has 0 saturated carbocycles. The van der Waals surface area contributed by atoms with Crippen LogP contribution >= 0.6 is 23.5 Å². The number of fused-ring (bicyclic) bond motifs is 1. The lowest BCUT2D eigenvalue weighted by Crippen LogP contribution is -2.46. The second-order valence-corrected chi connectivity index (χ2v) is 12.2. The lowest BCUT2D eigenvalue weighted by molar-refractivity contribution is -0.125. The van der Waals surface area contributed by atoms with Gasteiger partial charge in [0.15, 0.2) is 0 Å². The monoisotopic (exact) mass is 465 g/mol. The van der Waals surface area contributed by atoms with Crippen molar-refractivity contribution in [1.29, 1.82) is 0 Å². The molecule has 0 spiro atoms. The molecule has 3 amide bonds. The Morgan fingerprint density at radius 3 is 2.66 bits per heavy atom. The molecule has 0 aromatic rings. The Kier molecular flexibility index (Phi) is 7.39. The van der Waals surface area contributed by atoms with Gasteiger partial charge in [0.05, 0.1) is 29.4 Å². The van der Waals surface area contributed by atoms with Gasteiger partial charge in [-0.25, -0.2) is 17.5 Å². The van der Waals surface area contributed by atoms with Gasteiger partial charge in [0.1, 0.15) is 0 Å². The Balaban J connectivity index is 1.54. The SMILES string of the molecule is CCOC(=O)NC(=O)C1CCSC1NC(=O)C1CC2CN(S(C)(=O)=O)CCC2S1. The van der Waals surface area contributed by atoms with Crippen molar-refractivity contribution in [3.05, 3.63) is 0 Å². The van der Waals surface area contributed by atoms with Crippen LogP contribution in [0.25, 0.3) is 0 Å². The van der Waals surface area contributed by atoms with Gasteiger partial charge in [-0.05, 0) is 37.9 Å². The Morgan fingerprint density at radius 1 is 1.21 bits per heavy atom. The number of carbonyl (C=O) groups is 3. The van der Waals surface area contributed by atoms with E-state index in [1.807, 2.05) is 0 Å². The first-order chi connectivity index (χ1) is 13.7. The average Bonchev–Trinajstić information content (AvgIpc) is 3.26. The molecule has 29 heavy (non-hydrogen) atoms. The van der Waals surface area contributed by atoms with Crippen LogP contribution in [0.3, 0.4) is 0 Å². The van der Waals surface area contributed by atoms with Crippen molar-refractivity contribution in [1.82, 2.24) is 14.9 Å². The minimum absolute atomic E-state index is 0.122. The molecule has 3 aliphatic heterocycles. The van der Waals surface area contributed by atoms with Crippen LogP contribution in [0, 0.1) is 11.8 Å². The topological polar surface area (TPSA) is 122 Å². The fourth-order valence-corrected chi connectivity index (χ4v) is 7.86. The first-order valence-corrected chi connectivity index (χ1v) is 13.5. The highest BCUT2D eigenvalue weighted by Gasteiger charge is 2.44. The summed E-state index contributed by atoms with van der Waals surface area (Å²) in [5, 5.41) is 4.84. The van der Waals surface area contributed by atoms with Crippen molar-refractivity contribution in [3.8, 4) is 0 Å². The third kappa shape index (κ3) is 5.59. The highest BCUT2D eigenvalue weighted by atomic mass is 32.2. The standard InChI is InChI=1S/C17H27N3O6S3/c1-3-26-17(23)19-14(21)11-5-7-27-16(11)18-15(22)13-8-10-9-20(29(2,24)25)6-4-12(10)28-13/h10-13,16H,3-9H2,1-2H3,(H,18,22)(H,19,21,23). The molecule has 3 fully saturated rings. The number of imide groups is 1. The van der Waals surface area contributed by atoms with Gasteiger partial charge in [0.25, 0.3) is 0 Å². The first kappa shape index (κ1) is 22.7. The molecule has 12 heteroatoms. The normalized spacial score (nSPS) is 32.4. The second-order valence-electron chi connectivity index (χ2n) is 7.47. The number of hydrogen-bond donors (Lipinski definition) is 2. The molecule has 2 N–H and O–H groups in total. The number of rotatable bonds is 5. The van der Waals surface area contributed by atoms with E-state index in [4.69, 9.17) is 4.74 Å². The lowest BCUT2D eigenvalue weighted by Gasteiger charge is -2.32. The number of hydrogen-bond acceptors (Lipinski definition) is 8. The summed E-state index contributed by atoms with van der Waals surface area (Å²) >= 11 is 3.10. The first-order valence-electron chi connectivity index (χ1n) is 9.69. The van der Waals surface area contributed by atoms with E-state index in [2.05, 4.69) is 10.6 Å². The lowest BCUT2D eigenvalue weighted by atomic mass is 9.94. The van der Waals surface area contributed by atoms with Crippen molar-refractivity contribution in [3.63, 3.8) is 0 Å². The van der Waals surface area contributed by atoms with Crippen LogP contribution in [0.4, 0.5) is 4.79 Å². The number of carbonyl (C=O) groups excluding carboxylic acids is 3. The summed E-state index contributed by atoms with van der Waals surface area (Å²) < 4.78 is 29.8. The van der Waals surface area contributed by atoms with Crippen LogP contribution in [0.5, 0.6) is 0 Å². The van der Waals surface area contributed by atoms with Gasteiger partial charge in [-0.3, -0.25) is 14.9 Å². The molecule has 164 valence electrons. The summed E-state index contributed by atoms with van der Waals surface area (Å²) in [5.41, 5.74) is 0. The number of sulfonamides is 1. The summed E-state index contributed by atoms with van der Waals surface area (Å²) in [6, 6.07) is 0. The molecular formula is C17H27N3O6S3. The third-order valence-electron chi connectivity index (χ3n) is 5.46. The molecule has 0 aliphatic carbocycles. The van der Waals surface area contributed by atoms with Gasteiger partial charge in [0, 0.05) is 18.3 Å². The molecule has 3 aliphatic rings. The number of amides is 3. The molecular weight excluding hydrogens is 438 g/mol. The minimum atomic E-state index is -3.21. The van der Waals surface area contributed by atoms with Crippen molar-refractivity contribution in [2.24, 2.45) is 11.8 Å². The van der Waals surface area contributed by atoms with Gasteiger partial charge in [-0.1, -0.05) is 0 Å². The van der Waals surface area contributed by atoms with E-state index in [0.717, 1.165) is 12.2 Å². The van der Waals surface area contributed by atoms with E-state index in [-0.39, 0.29) is 34.3 Å². The van der Waals surface area contributed by atoms with Gasteiger partial charge >= 0.3 is 6.09 Å². The van der Waals surface area contributed by atoms with E-state index < -0.39 is 27.9 Å². The van der Waals surface area contributed by atoms with E-state index in [0.29, 0.717) is 25.9 Å². The summed E-state index contributed by atoms with van der Waals surface area (Å²) in [7, 11) is -3.21. The quantitative estimate of drug-likeness (QED) is 0.606. The predicted octanol–water partition coefficient (Wildman–Crippen LogP) is 0.610. The van der Waals surface area contributed by atoms with E-state index in [9.17, 15) is 22.8 Å². The maximum Gasteiger partial charge on any atom is 0.413 e. The van der Waals surface area contributed by atoms with Crippen LogP contribution < -0.4 is 10.6 Å². The Morgan fingerprint density at radius 2 is 1.97 bits per heavy atom. The Labute approximate surface area is 179 Å². The molecule has 3 heterocycles. The zero-order chi connectivity index (χ0) is 21.2. The van der Waals surface area contributed by atoms with E-state index in [1.54, 1.807) is 18.7 Å². The third-order valence-corrected chi connectivity index (χ3v) is 9.71. The fourth-order valence-electron chi connectivity index (χ4n) is 3.99. The zero-order valence-corrected chi connectivity index (χ0v) is 18.9. The molecule has 5 unspecified atom stereocenters. The largest absolute Gasteiger partial charge is 0.450 e. The second kappa shape index (κ2) is 9.44. The molecule has 0 aromatic carbocycles. The fraction of sp³-hybridized carbons (Fsp3) is 0.824. The highest BCUT2D eigenvalue weighted by molar-refractivity contribution is 8.01. The minimum Gasteiger partial charge on any atom is -0.450 e. The molecule has 0 aromatic heterocycles. The van der Waals surface area contributed by atoms with Crippen LogP contribution in [-0.2, 0) is 24.3 Å². The molecule has 0 bridgehead atoms. The average molecular weight is 466 g/mol. The summed E-state index contributed by atoms with van der Waals surface area (Å²) in [4.78, 5) is 36.6. The van der Waals surface area contributed by atoms with Crippen molar-refractivity contribution < 1.29 is 27.5 Å². The smallest absolute Gasteiger partial charge is 0.413 e.